The van der Waals surface area contributed by atoms with Gasteiger partial charge in [-0.05, 0) is 42.5 Å². The van der Waals surface area contributed by atoms with Gasteiger partial charge in [-0.3, -0.25) is 4.79 Å². The van der Waals surface area contributed by atoms with E-state index in [4.69, 9.17) is 9.26 Å². The fraction of sp³-hybridized carbons (Fsp3) is 0.250. The summed E-state index contributed by atoms with van der Waals surface area (Å²) in [6, 6.07) is 12.4. The first-order valence-electron chi connectivity index (χ1n) is 8.96. The summed E-state index contributed by atoms with van der Waals surface area (Å²) >= 11 is 0. The number of ether oxygens (including phenoxy) is 2. The van der Waals surface area contributed by atoms with Gasteiger partial charge in [0.2, 0.25) is 5.91 Å². The molecule has 1 aliphatic heterocycles. The van der Waals surface area contributed by atoms with Crippen molar-refractivity contribution in [2.45, 2.75) is 18.7 Å². The first kappa shape index (κ1) is 19.7. The lowest BCUT2D eigenvalue weighted by molar-refractivity contribution is -0.274. The molecule has 0 aliphatic carbocycles. The SMILES string of the molecule is COc1ccc(N2C[C@@H](c3noc(-c4cccc(OC(F)(F)F)c4)n3)CC2=O)cc1. The van der Waals surface area contributed by atoms with E-state index < -0.39 is 6.36 Å². The average molecular weight is 419 g/mol. The summed E-state index contributed by atoms with van der Waals surface area (Å²) in [6.07, 6.45) is -4.60. The number of alkyl halides is 3. The zero-order valence-electron chi connectivity index (χ0n) is 15.7. The molecule has 2 heterocycles. The van der Waals surface area contributed by atoms with Crippen LogP contribution in [0.1, 0.15) is 18.2 Å². The van der Waals surface area contributed by atoms with Crippen molar-refractivity contribution in [2.24, 2.45) is 0 Å². The van der Waals surface area contributed by atoms with Gasteiger partial charge in [-0.1, -0.05) is 11.2 Å². The van der Waals surface area contributed by atoms with Crippen LogP contribution in [0, 0.1) is 0 Å². The Hall–Kier alpha value is -3.56. The highest BCUT2D eigenvalue weighted by Gasteiger charge is 2.35. The van der Waals surface area contributed by atoms with Gasteiger partial charge in [0.15, 0.2) is 5.82 Å². The summed E-state index contributed by atoms with van der Waals surface area (Å²) in [5.41, 5.74) is 1.01. The predicted molar refractivity (Wildman–Crippen MR) is 99.1 cm³/mol. The minimum absolute atomic E-state index is 0.0490. The molecule has 10 heteroatoms. The number of benzene rings is 2. The van der Waals surface area contributed by atoms with Crippen molar-refractivity contribution in [2.75, 3.05) is 18.6 Å². The number of methoxy groups -OCH3 is 1. The maximum atomic E-state index is 12.5. The molecular weight excluding hydrogens is 403 g/mol. The third kappa shape index (κ3) is 4.22. The molecule has 0 radical (unpaired) electrons. The van der Waals surface area contributed by atoms with Crippen LogP contribution in [0.25, 0.3) is 11.5 Å². The van der Waals surface area contributed by atoms with Gasteiger partial charge in [-0.25, -0.2) is 0 Å². The van der Waals surface area contributed by atoms with Crippen LogP contribution >= 0.6 is 0 Å². The fourth-order valence-corrected chi connectivity index (χ4v) is 3.24. The topological polar surface area (TPSA) is 77.7 Å². The molecule has 3 aromatic rings. The highest BCUT2D eigenvalue weighted by molar-refractivity contribution is 5.96. The van der Waals surface area contributed by atoms with Crippen molar-refractivity contribution < 1.29 is 32.0 Å². The molecule has 1 atom stereocenters. The van der Waals surface area contributed by atoms with Crippen molar-refractivity contribution in [1.82, 2.24) is 10.1 Å². The van der Waals surface area contributed by atoms with E-state index in [0.29, 0.717) is 18.1 Å². The molecule has 1 aliphatic rings. The van der Waals surface area contributed by atoms with Crippen molar-refractivity contribution in [3.63, 3.8) is 0 Å². The largest absolute Gasteiger partial charge is 0.573 e. The number of carbonyl (C=O) groups is 1. The molecule has 0 spiro atoms. The van der Waals surface area contributed by atoms with Crippen LogP contribution in [0.5, 0.6) is 11.5 Å². The Bertz CT molecular complexity index is 1050. The molecule has 1 aromatic heterocycles. The summed E-state index contributed by atoms with van der Waals surface area (Å²) in [6.45, 7) is 0.362. The summed E-state index contributed by atoms with van der Waals surface area (Å²) in [5, 5.41) is 3.92. The van der Waals surface area contributed by atoms with Crippen LogP contribution in [0.15, 0.2) is 53.1 Å². The standard InChI is InChI=1S/C20H16F3N3O4/c1-28-15-7-5-14(6-8-15)26-11-13(10-17(26)27)18-24-19(30-25-18)12-3-2-4-16(9-12)29-20(21,22)23/h2-9,13H,10-11H2,1H3/t13-/m0/s1. The van der Waals surface area contributed by atoms with Crippen molar-refractivity contribution in [3.05, 3.63) is 54.4 Å². The van der Waals surface area contributed by atoms with E-state index >= 15 is 0 Å². The van der Waals surface area contributed by atoms with Gasteiger partial charge in [-0.2, -0.15) is 4.98 Å². The monoisotopic (exact) mass is 419 g/mol. The number of hydrogen-bond donors (Lipinski definition) is 0. The molecule has 2 aromatic carbocycles. The maximum absolute atomic E-state index is 12.5. The first-order valence-corrected chi connectivity index (χ1v) is 8.96. The normalized spacial score (nSPS) is 16.7. The predicted octanol–water partition coefficient (Wildman–Crippen LogP) is 4.16. The minimum Gasteiger partial charge on any atom is -0.497 e. The number of carbonyl (C=O) groups excluding carboxylic acids is 1. The molecule has 0 N–H and O–H groups in total. The van der Waals surface area contributed by atoms with Crippen molar-refractivity contribution in [3.8, 4) is 23.0 Å². The zero-order chi connectivity index (χ0) is 21.3. The van der Waals surface area contributed by atoms with Crippen LogP contribution in [0.4, 0.5) is 18.9 Å². The van der Waals surface area contributed by atoms with Crippen LogP contribution in [0.3, 0.4) is 0 Å². The van der Waals surface area contributed by atoms with E-state index in [2.05, 4.69) is 14.9 Å². The van der Waals surface area contributed by atoms with E-state index in [1.54, 1.807) is 36.3 Å². The van der Waals surface area contributed by atoms with Crippen molar-refractivity contribution >= 4 is 11.6 Å². The molecule has 0 unspecified atom stereocenters. The molecule has 0 bridgehead atoms. The third-order valence-corrected chi connectivity index (χ3v) is 4.63. The number of amides is 1. The number of nitrogens with zero attached hydrogens (tertiary/aromatic N) is 3. The summed E-state index contributed by atoms with van der Waals surface area (Å²) in [4.78, 5) is 18.4. The van der Waals surface area contributed by atoms with Crippen molar-refractivity contribution in [1.29, 1.82) is 0 Å². The lowest BCUT2D eigenvalue weighted by Gasteiger charge is -2.16. The molecule has 156 valence electrons. The maximum Gasteiger partial charge on any atom is 0.573 e. The van der Waals surface area contributed by atoms with Crippen LogP contribution in [0.2, 0.25) is 0 Å². The quantitative estimate of drug-likeness (QED) is 0.618. The van der Waals surface area contributed by atoms with Gasteiger partial charge in [0.1, 0.15) is 11.5 Å². The van der Waals surface area contributed by atoms with Gasteiger partial charge in [0.05, 0.1) is 7.11 Å². The van der Waals surface area contributed by atoms with Crippen LogP contribution < -0.4 is 14.4 Å². The molecule has 4 rings (SSSR count). The highest BCUT2D eigenvalue weighted by atomic mass is 19.4. The summed E-state index contributed by atoms with van der Waals surface area (Å²) in [7, 11) is 1.56. The lowest BCUT2D eigenvalue weighted by atomic mass is 10.1. The summed E-state index contributed by atoms with van der Waals surface area (Å²) in [5.74, 6) is 0.274. The van der Waals surface area contributed by atoms with E-state index in [1.165, 1.54) is 18.2 Å². The molecule has 1 fully saturated rings. The van der Waals surface area contributed by atoms with Gasteiger partial charge in [0, 0.05) is 30.1 Å². The second-order valence-electron chi connectivity index (χ2n) is 6.64. The van der Waals surface area contributed by atoms with Gasteiger partial charge in [-0.15, -0.1) is 13.2 Å². The van der Waals surface area contributed by atoms with E-state index in [0.717, 1.165) is 11.8 Å². The Labute approximate surface area is 169 Å². The average Bonchev–Trinajstić information content (AvgIpc) is 3.34. The van der Waals surface area contributed by atoms with E-state index in [-0.39, 0.29) is 35.4 Å². The number of anilines is 1. The first-order chi connectivity index (χ1) is 14.3. The number of halogens is 3. The Morgan fingerprint density at radius 2 is 1.90 bits per heavy atom. The zero-order valence-corrected chi connectivity index (χ0v) is 15.7. The Kier molecular flexibility index (Phi) is 5.06. The fourth-order valence-electron chi connectivity index (χ4n) is 3.24. The molecule has 1 amide bonds. The Morgan fingerprint density at radius 3 is 2.60 bits per heavy atom. The highest BCUT2D eigenvalue weighted by Crippen LogP contribution is 2.33. The smallest absolute Gasteiger partial charge is 0.497 e. The van der Waals surface area contributed by atoms with Gasteiger partial charge in [0.25, 0.3) is 5.89 Å². The number of hydrogen-bond acceptors (Lipinski definition) is 6. The lowest BCUT2D eigenvalue weighted by Crippen LogP contribution is -2.24. The Morgan fingerprint density at radius 1 is 1.13 bits per heavy atom. The third-order valence-electron chi connectivity index (χ3n) is 4.63. The molecule has 30 heavy (non-hydrogen) atoms. The second kappa shape index (κ2) is 7.69. The van der Waals surface area contributed by atoms with E-state index in [1.807, 2.05) is 0 Å². The number of aromatic nitrogens is 2. The number of rotatable bonds is 5. The second-order valence-corrected chi connectivity index (χ2v) is 6.64. The van der Waals surface area contributed by atoms with Crippen LogP contribution in [-0.2, 0) is 4.79 Å². The minimum atomic E-state index is -4.80. The van der Waals surface area contributed by atoms with Gasteiger partial charge < -0.3 is 18.9 Å². The Balaban J connectivity index is 1.50. The molecule has 1 saturated heterocycles. The molecule has 0 saturated carbocycles. The van der Waals surface area contributed by atoms with Crippen LogP contribution in [-0.4, -0.2) is 36.1 Å². The van der Waals surface area contributed by atoms with Gasteiger partial charge >= 0.3 is 6.36 Å². The molecule has 7 nitrogen and oxygen atoms in total. The molecular formula is C20H16F3N3O4. The summed E-state index contributed by atoms with van der Waals surface area (Å²) < 4.78 is 51.5. The van der Waals surface area contributed by atoms with E-state index in [9.17, 15) is 18.0 Å².